The maximum atomic E-state index is 11.9. The van der Waals surface area contributed by atoms with E-state index in [1.165, 1.54) is 6.21 Å². The van der Waals surface area contributed by atoms with E-state index in [1.807, 2.05) is 57.2 Å². The second-order valence-electron chi connectivity index (χ2n) is 5.87. The number of nitrogens with one attached hydrogen (secondary N) is 2. The summed E-state index contributed by atoms with van der Waals surface area (Å²) in [6, 6.07) is 12.7. The first-order chi connectivity index (χ1) is 12.5. The van der Waals surface area contributed by atoms with Crippen molar-refractivity contribution in [1.82, 2.24) is 5.43 Å². The number of hydrazone groups is 1. The summed E-state index contributed by atoms with van der Waals surface area (Å²) in [5.74, 6) is -0.822. The number of carbonyl (C=O) groups excluding carboxylic acids is 2. The summed E-state index contributed by atoms with van der Waals surface area (Å²) in [7, 11) is 0. The summed E-state index contributed by atoms with van der Waals surface area (Å²) >= 11 is 0. The van der Waals surface area contributed by atoms with E-state index < -0.39 is 11.8 Å². The lowest BCUT2D eigenvalue weighted by Crippen LogP contribution is -2.32. The second-order valence-corrected chi connectivity index (χ2v) is 5.87. The third kappa shape index (κ3) is 5.73. The van der Waals surface area contributed by atoms with E-state index >= 15 is 0 Å². The van der Waals surface area contributed by atoms with Gasteiger partial charge in [0.05, 0.1) is 12.8 Å². The quantitative estimate of drug-likeness (QED) is 0.475. The van der Waals surface area contributed by atoms with Gasteiger partial charge in [-0.05, 0) is 73.4 Å². The molecule has 0 aliphatic carbocycles. The molecule has 0 bridgehead atoms. The SMILES string of the molecule is CCCOc1ccc(/C=N/NC(=O)C(=O)Nc2ccc(C)c(C)c2)cc1. The highest BCUT2D eigenvalue weighted by atomic mass is 16.5. The fourth-order valence-corrected chi connectivity index (χ4v) is 2.09. The summed E-state index contributed by atoms with van der Waals surface area (Å²) < 4.78 is 5.49. The molecule has 2 amide bonds. The van der Waals surface area contributed by atoms with Gasteiger partial charge in [0.15, 0.2) is 0 Å². The molecular weight excluding hydrogens is 330 g/mol. The predicted octanol–water partition coefficient (Wildman–Crippen LogP) is 3.18. The molecule has 2 aromatic carbocycles. The first-order valence-corrected chi connectivity index (χ1v) is 8.44. The first kappa shape index (κ1) is 19.2. The van der Waals surface area contributed by atoms with Crippen LogP contribution in [0, 0.1) is 13.8 Å². The fraction of sp³-hybridized carbons (Fsp3) is 0.250. The Balaban J connectivity index is 1.85. The van der Waals surface area contributed by atoms with Crippen LogP contribution in [0.15, 0.2) is 47.6 Å². The van der Waals surface area contributed by atoms with Gasteiger partial charge in [0.1, 0.15) is 5.75 Å². The number of benzene rings is 2. The van der Waals surface area contributed by atoms with Crippen LogP contribution in [0.1, 0.15) is 30.0 Å². The van der Waals surface area contributed by atoms with Gasteiger partial charge in [-0.25, -0.2) is 5.43 Å². The van der Waals surface area contributed by atoms with Crippen LogP contribution in [-0.4, -0.2) is 24.6 Å². The van der Waals surface area contributed by atoms with Crippen LogP contribution < -0.4 is 15.5 Å². The van der Waals surface area contributed by atoms with Crippen LogP contribution >= 0.6 is 0 Å². The molecule has 6 heteroatoms. The van der Waals surface area contributed by atoms with Crippen molar-refractivity contribution in [1.29, 1.82) is 0 Å². The molecule has 0 heterocycles. The van der Waals surface area contributed by atoms with Gasteiger partial charge in [0, 0.05) is 5.69 Å². The predicted molar refractivity (Wildman–Crippen MR) is 103 cm³/mol. The highest BCUT2D eigenvalue weighted by molar-refractivity contribution is 6.39. The molecule has 0 saturated heterocycles. The Morgan fingerprint density at radius 1 is 1.04 bits per heavy atom. The first-order valence-electron chi connectivity index (χ1n) is 8.44. The van der Waals surface area contributed by atoms with Crippen LogP contribution in [0.25, 0.3) is 0 Å². The molecule has 0 aliphatic rings. The lowest BCUT2D eigenvalue weighted by atomic mass is 10.1. The van der Waals surface area contributed by atoms with Gasteiger partial charge in [0.25, 0.3) is 0 Å². The molecule has 2 aromatic rings. The lowest BCUT2D eigenvalue weighted by Gasteiger charge is -2.06. The summed E-state index contributed by atoms with van der Waals surface area (Å²) in [5, 5.41) is 6.35. The van der Waals surface area contributed by atoms with Crippen molar-refractivity contribution in [2.45, 2.75) is 27.2 Å². The van der Waals surface area contributed by atoms with Crippen molar-refractivity contribution >= 4 is 23.7 Å². The number of hydrogen-bond donors (Lipinski definition) is 2. The zero-order valence-corrected chi connectivity index (χ0v) is 15.2. The van der Waals surface area contributed by atoms with Gasteiger partial charge in [-0.1, -0.05) is 13.0 Å². The molecule has 26 heavy (non-hydrogen) atoms. The Morgan fingerprint density at radius 2 is 1.77 bits per heavy atom. The number of carbonyl (C=O) groups is 2. The standard InChI is InChI=1S/C20H23N3O3/c1-4-11-26-18-9-6-16(7-10-18)13-21-23-20(25)19(24)22-17-8-5-14(2)15(3)12-17/h5-10,12-13H,4,11H2,1-3H3,(H,22,24)(H,23,25)/b21-13+. The average molecular weight is 353 g/mol. The van der Waals surface area contributed by atoms with Gasteiger partial charge in [0.2, 0.25) is 0 Å². The number of anilines is 1. The number of hydrogen-bond acceptors (Lipinski definition) is 4. The third-order valence-corrected chi connectivity index (χ3v) is 3.70. The Labute approximate surface area is 153 Å². The van der Waals surface area contributed by atoms with Crippen molar-refractivity contribution in [2.75, 3.05) is 11.9 Å². The van der Waals surface area contributed by atoms with E-state index in [-0.39, 0.29) is 0 Å². The molecule has 0 saturated carbocycles. The topological polar surface area (TPSA) is 79.8 Å². The molecule has 2 rings (SSSR count). The number of rotatable bonds is 6. The fourth-order valence-electron chi connectivity index (χ4n) is 2.09. The summed E-state index contributed by atoms with van der Waals surface area (Å²) in [4.78, 5) is 23.7. The molecule has 136 valence electrons. The average Bonchev–Trinajstić information content (AvgIpc) is 2.64. The van der Waals surface area contributed by atoms with Gasteiger partial charge in [-0.3, -0.25) is 9.59 Å². The minimum absolute atomic E-state index is 0.569. The molecule has 0 aromatic heterocycles. The van der Waals surface area contributed by atoms with Crippen molar-refractivity contribution in [3.8, 4) is 5.75 Å². The monoisotopic (exact) mass is 353 g/mol. The van der Waals surface area contributed by atoms with Gasteiger partial charge < -0.3 is 10.1 Å². The molecule has 0 aliphatic heterocycles. The van der Waals surface area contributed by atoms with Crippen molar-refractivity contribution in [3.63, 3.8) is 0 Å². The maximum Gasteiger partial charge on any atom is 0.329 e. The van der Waals surface area contributed by atoms with E-state index in [4.69, 9.17) is 4.74 Å². The molecule has 2 N–H and O–H groups in total. The van der Waals surface area contributed by atoms with Crippen molar-refractivity contribution < 1.29 is 14.3 Å². The summed E-state index contributed by atoms with van der Waals surface area (Å²) in [5.41, 5.74) is 5.71. The maximum absolute atomic E-state index is 11.9. The van der Waals surface area contributed by atoms with Crippen LogP contribution in [0.2, 0.25) is 0 Å². The van der Waals surface area contributed by atoms with Crippen LogP contribution in [0.4, 0.5) is 5.69 Å². The molecule has 0 fully saturated rings. The smallest absolute Gasteiger partial charge is 0.329 e. The molecule has 6 nitrogen and oxygen atoms in total. The van der Waals surface area contributed by atoms with E-state index in [0.29, 0.717) is 12.3 Å². The zero-order chi connectivity index (χ0) is 18.9. The third-order valence-electron chi connectivity index (χ3n) is 3.70. The number of aryl methyl sites for hydroxylation is 2. The largest absolute Gasteiger partial charge is 0.494 e. The summed E-state index contributed by atoms with van der Waals surface area (Å²) in [6.45, 7) is 6.62. The second kappa shape index (κ2) is 9.36. The molecular formula is C20H23N3O3. The molecule has 0 spiro atoms. The Hall–Kier alpha value is -3.15. The highest BCUT2D eigenvalue weighted by Crippen LogP contribution is 2.14. The molecule has 0 unspecified atom stereocenters. The number of ether oxygens (including phenoxy) is 1. The van der Waals surface area contributed by atoms with Gasteiger partial charge in [-0.2, -0.15) is 5.10 Å². The Morgan fingerprint density at radius 3 is 2.42 bits per heavy atom. The minimum atomic E-state index is -0.831. The van der Waals surface area contributed by atoms with Crippen LogP contribution in [0.5, 0.6) is 5.75 Å². The lowest BCUT2D eigenvalue weighted by molar-refractivity contribution is -0.136. The summed E-state index contributed by atoms with van der Waals surface area (Å²) in [6.07, 6.45) is 2.41. The highest BCUT2D eigenvalue weighted by Gasteiger charge is 2.13. The Kier molecular flexibility index (Phi) is 6.91. The van der Waals surface area contributed by atoms with E-state index in [2.05, 4.69) is 15.8 Å². The normalized spacial score (nSPS) is 10.6. The molecule has 0 atom stereocenters. The van der Waals surface area contributed by atoms with Crippen LogP contribution in [0.3, 0.4) is 0 Å². The van der Waals surface area contributed by atoms with E-state index in [0.717, 1.165) is 28.9 Å². The van der Waals surface area contributed by atoms with Crippen LogP contribution in [-0.2, 0) is 9.59 Å². The van der Waals surface area contributed by atoms with Gasteiger partial charge >= 0.3 is 11.8 Å². The van der Waals surface area contributed by atoms with E-state index in [1.54, 1.807) is 6.07 Å². The number of amides is 2. The zero-order valence-electron chi connectivity index (χ0n) is 15.2. The minimum Gasteiger partial charge on any atom is -0.494 e. The van der Waals surface area contributed by atoms with Crippen molar-refractivity contribution in [2.24, 2.45) is 5.10 Å². The van der Waals surface area contributed by atoms with E-state index in [9.17, 15) is 9.59 Å². The van der Waals surface area contributed by atoms with Crippen molar-refractivity contribution in [3.05, 3.63) is 59.2 Å². The Bertz CT molecular complexity index is 798. The molecule has 0 radical (unpaired) electrons. The number of nitrogens with zero attached hydrogens (tertiary/aromatic N) is 1. The van der Waals surface area contributed by atoms with Gasteiger partial charge in [-0.15, -0.1) is 0 Å².